The van der Waals surface area contributed by atoms with E-state index in [9.17, 15) is 5.26 Å². The van der Waals surface area contributed by atoms with Crippen LogP contribution in [0, 0.1) is 18.3 Å². The molecule has 4 nitrogen and oxygen atoms in total. The highest BCUT2D eigenvalue weighted by atomic mass is 16.7. The highest BCUT2D eigenvalue weighted by molar-refractivity contribution is 5.61. The monoisotopic (exact) mass is 258 g/mol. The quantitative estimate of drug-likeness (QED) is 0.774. The molecule has 0 N–H and O–H groups in total. The van der Waals surface area contributed by atoms with Crippen LogP contribution >= 0.6 is 0 Å². The summed E-state index contributed by atoms with van der Waals surface area (Å²) in [6.45, 7) is 5.06. The molecule has 0 atom stereocenters. The maximum Gasteiger partial charge on any atom is 0.186 e. The molecule has 100 valence electrons. The van der Waals surface area contributed by atoms with Gasteiger partial charge in [-0.3, -0.25) is 0 Å². The second-order valence-electron chi connectivity index (χ2n) is 5.27. The Hall–Kier alpha value is -1.57. The molecule has 0 amide bonds. The minimum Gasteiger partial charge on any atom is -0.365 e. The van der Waals surface area contributed by atoms with Gasteiger partial charge in [0.2, 0.25) is 0 Å². The fraction of sp³-hybridized carbons (Fsp3) is 0.533. The smallest absolute Gasteiger partial charge is 0.186 e. The van der Waals surface area contributed by atoms with Crippen molar-refractivity contribution in [3.05, 3.63) is 29.3 Å². The molecular formula is C15H18N2O2. The van der Waals surface area contributed by atoms with Crippen LogP contribution in [-0.4, -0.2) is 32.1 Å². The number of rotatable bonds is 1. The summed E-state index contributed by atoms with van der Waals surface area (Å²) in [5, 5.41) is 9.26. The molecule has 3 rings (SSSR count). The van der Waals surface area contributed by atoms with Crippen molar-refractivity contribution in [3.63, 3.8) is 0 Å². The number of nitriles is 1. The van der Waals surface area contributed by atoms with Gasteiger partial charge < -0.3 is 14.4 Å². The first kappa shape index (κ1) is 12.5. The van der Waals surface area contributed by atoms with Crippen LogP contribution in [0.4, 0.5) is 5.69 Å². The van der Waals surface area contributed by atoms with Crippen molar-refractivity contribution >= 4 is 5.69 Å². The van der Waals surface area contributed by atoms with E-state index in [1.54, 1.807) is 0 Å². The molecule has 0 aliphatic carbocycles. The first-order valence-corrected chi connectivity index (χ1v) is 6.76. The Kier molecular flexibility index (Phi) is 3.17. The predicted octanol–water partition coefficient (Wildman–Crippen LogP) is 2.21. The average molecular weight is 258 g/mol. The third kappa shape index (κ3) is 2.32. The zero-order valence-corrected chi connectivity index (χ0v) is 11.2. The van der Waals surface area contributed by atoms with Crippen molar-refractivity contribution in [2.24, 2.45) is 0 Å². The number of piperidine rings is 1. The van der Waals surface area contributed by atoms with Crippen molar-refractivity contribution < 1.29 is 9.47 Å². The molecule has 1 aromatic carbocycles. The van der Waals surface area contributed by atoms with E-state index >= 15 is 0 Å². The third-order valence-corrected chi connectivity index (χ3v) is 3.85. The maximum absolute atomic E-state index is 9.26. The number of hydrogen-bond donors (Lipinski definition) is 0. The molecule has 4 heteroatoms. The van der Waals surface area contributed by atoms with Gasteiger partial charge in [0.25, 0.3) is 0 Å². The number of nitrogens with zero attached hydrogens (tertiary/aromatic N) is 2. The minimum absolute atomic E-state index is 0.450. The van der Waals surface area contributed by atoms with Gasteiger partial charge in [-0.2, -0.15) is 5.26 Å². The zero-order valence-electron chi connectivity index (χ0n) is 11.2. The lowest BCUT2D eigenvalue weighted by Gasteiger charge is -2.40. The molecular weight excluding hydrogens is 240 g/mol. The lowest BCUT2D eigenvalue weighted by atomic mass is 10.0. The molecule has 0 unspecified atom stereocenters. The van der Waals surface area contributed by atoms with E-state index in [0.29, 0.717) is 19.8 Å². The molecule has 0 aromatic heterocycles. The summed E-state index contributed by atoms with van der Waals surface area (Å²) in [4.78, 5) is 2.22. The van der Waals surface area contributed by atoms with Crippen LogP contribution in [0.25, 0.3) is 0 Å². The number of benzene rings is 1. The van der Waals surface area contributed by atoms with Gasteiger partial charge in [-0.25, -0.2) is 0 Å². The van der Waals surface area contributed by atoms with Crippen LogP contribution < -0.4 is 4.90 Å². The topological polar surface area (TPSA) is 45.5 Å². The Balaban J connectivity index is 1.89. The normalized spacial score (nSPS) is 21.6. The van der Waals surface area contributed by atoms with Crippen molar-refractivity contribution in [1.82, 2.24) is 0 Å². The number of aryl methyl sites for hydroxylation is 1. The molecule has 2 heterocycles. The van der Waals surface area contributed by atoms with E-state index in [0.717, 1.165) is 30.6 Å². The molecule has 2 saturated heterocycles. The van der Waals surface area contributed by atoms with E-state index in [1.807, 2.05) is 19.1 Å². The summed E-state index contributed by atoms with van der Waals surface area (Å²) in [5.41, 5.74) is 2.89. The Labute approximate surface area is 113 Å². The van der Waals surface area contributed by atoms with Gasteiger partial charge in [-0.15, -0.1) is 0 Å². The van der Waals surface area contributed by atoms with Gasteiger partial charge in [-0.05, 0) is 31.0 Å². The first-order valence-electron chi connectivity index (χ1n) is 6.76. The van der Waals surface area contributed by atoms with E-state index in [1.165, 1.54) is 5.56 Å². The van der Waals surface area contributed by atoms with Gasteiger partial charge in [0.1, 0.15) is 6.07 Å². The molecule has 0 bridgehead atoms. The second-order valence-corrected chi connectivity index (χ2v) is 5.27. The van der Waals surface area contributed by atoms with E-state index < -0.39 is 5.79 Å². The van der Waals surface area contributed by atoms with Gasteiger partial charge in [0.15, 0.2) is 5.79 Å². The van der Waals surface area contributed by atoms with Gasteiger partial charge in [0.05, 0.1) is 31.0 Å². The maximum atomic E-state index is 9.26. The summed E-state index contributed by atoms with van der Waals surface area (Å²) < 4.78 is 11.6. The molecule has 2 fully saturated rings. The summed E-state index contributed by atoms with van der Waals surface area (Å²) in [7, 11) is 0. The molecule has 2 aliphatic heterocycles. The highest BCUT2D eigenvalue weighted by Gasteiger charge is 2.41. The SMILES string of the molecule is Cc1ccc(C#N)c(N2CCCC3(C2)OCCO3)c1. The summed E-state index contributed by atoms with van der Waals surface area (Å²) >= 11 is 0. The highest BCUT2D eigenvalue weighted by Crippen LogP contribution is 2.34. The lowest BCUT2D eigenvalue weighted by molar-refractivity contribution is -0.161. The molecule has 1 spiro atoms. The van der Waals surface area contributed by atoms with Gasteiger partial charge in [-0.1, -0.05) is 6.07 Å². The summed E-state index contributed by atoms with van der Waals surface area (Å²) in [6.07, 6.45) is 1.97. The minimum atomic E-state index is -0.450. The Bertz CT molecular complexity index is 515. The van der Waals surface area contributed by atoms with E-state index in [-0.39, 0.29) is 0 Å². The van der Waals surface area contributed by atoms with Crippen LogP contribution in [0.3, 0.4) is 0 Å². The Morgan fingerprint density at radius 1 is 1.32 bits per heavy atom. The molecule has 2 aliphatic rings. The first-order chi connectivity index (χ1) is 9.22. The van der Waals surface area contributed by atoms with Crippen LogP contribution in [0.15, 0.2) is 18.2 Å². The van der Waals surface area contributed by atoms with Crippen LogP contribution in [0.1, 0.15) is 24.0 Å². The predicted molar refractivity (Wildman–Crippen MR) is 72.0 cm³/mol. The fourth-order valence-corrected chi connectivity index (χ4v) is 2.92. The summed E-state index contributed by atoms with van der Waals surface area (Å²) in [5.74, 6) is -0.450. The van der Waals surface area contributed by atoms with Crippen LogP contribution in [-0.2, 0) is 9.47 Å². The molecule has 1 aromatic rings. The Morgan fingerprint density at radius 2 is 2.11 bits per heavy atom. The molecule has 0 saturated carbocycles. The molecule has 19 heavy (non-hydrogen) atoms. The lowest BCUT2D eigenvalue weighted by Crippen LogP contribution is -2.49. The van der Waals surface area contributed by atoms with E-state index in [2.05, 4.69) is 17.0 Å². The van der Waals surface area contributed by atoms with E-state index in [4.69, 9.17) is 9.47 Å². The van der Waals surface area contributed by atoms with Gasteiger partial charge >= 0.3 is 0 Å². The number of hydrogen-bond acceptors (Lipinski definition) is 4. The van der Waals surface area contributed by atoms with Crippen molar-refractivity contribution in [2.45, 2.75) is 25.6 Å². The third-order valence-electron chi connectivity index (χ3n) is 3.85. The van der Waals surface area contributed by atoms with Gasteiger partial charge in [0, 0.05) is 13.0 Å². The molecule has 0 radical (unpaired) electrons. The van der Waals surface area contributed by atoms with Crippen molar-refractivity contribution in [1.29, 1.82) is 5.26 Å². The fourth-order valence-electron chi connectivity index (χ4n) is 2.92. The van der Waals surface area contributed by atoms with Crippen molar-refractivity contribution in [2.75, 3.05) is 31.2 Å². The summed E-state index contributed by atoms with van der Waals surface area (Å²) in [6, 6.07) is 8.22. The second kappa shape index (κ2) is 4.84. The number of anilines is 1. The van der Waals surface area contributed by atoms with Crippen LogP contribution in [0.5, 0.6) is 0 Å². The number of ether oxygens (including phenoxy) is 2. The average Bonchev–Trinajstić information content (AvgIpc) is 2.86. The largest absolute Gasteiger partial charge is 0.365 e. The van der Waals surface area contributed by atoms with Crippen molar-refractivity contribution in [3.8, 4) is 6.07 Å². The standard InChI is InChI=1S/C15H18N2O2/c1-12-3-4-13(10-16)14(9-12)17-6-2-5-15(11-17)18-7-8-19-15/h3-4,9H,2,5-8,11H2,1H3. The zero-order chi connectivity index (χ0) is 13.3. The Morgan fingerprint density at radius 3 is 2.84 bits per heavy atom. The van der Waals surface area contributed by atoms with Crippen LogP contribution in [0.2, 0.25) is 0 Å².